The number of nitrogens with zero attached hydrogens (tertiary/aromatic N) is 2. The molecular formula is C25H27N3O. The predicted octanol–water partition coefficient (Wildman–Crippen LogP) is 5.21. The van der Waals surface area contributed by atoms with Gasteiger partial charge in [0.15, 0.2) is 0 Å². The number of para-hydroxylation sites is 2. The number of carbonyl (C=O) groups is 1. The van der Waals surface area contributed by atoms with Crippen LogP contribution in [0.15, 0.2) is 42.5 Å². The van der Waals surface area contributed by atoms with E-state index < -0.39 is 5.41 Å². The molecule has 0 spiro atoms. The fourth-order valence-corrected chi connectivity index (χ4v) is 5.73. The van der Waals surface area contributed by atoms with Crippen molar-refractivity contribution >= 4 is 22.6 Å². The van der Waals surface area contributed by atoms with Crippen molar-refractivity contribution in [2.75, 3.05) is 5.32 Å². The Morgan fingerprint density at radius 2 is 1.59 bits per heavy atom. The minimum atomic E-state index is -0.675. The van der Waals surface area contributed by atoms with Gasteiger partial charge in [-0.05, 0) is 55.9 Å². The first kappa shape index (κ1) is 18.3. The Morgan fingerprint density at radius 3 is 2.24 bits per heavy atom. The van der Waals surface area contributed by atoms with Crippen LogP contribution in [-0.2, 0) is 15.6 Å². The number of amides is 1. The number of anilines is 1. The highest BCUT2D eigenvalue weighted by Crippen LogP contribution is 2.70. The number of benzene rings is 2. The van der Waals surface area contributed by atoms with Crippen molar-refractivity contribution in [1.29, 1.82) is 0 Å². The Morgan fingerprint density at radius 1 is 0.931 bits per heavy atom. The van der Waals surface area contributed by atoms with E-state index in [-0.39, 0.29) is 16.7 Å². The van der Waals surface area contributed by atoms with E-state index >= 15 is 0 Å². The molecule has 2 aliphatic rings. The van der Waals surface area contributed by atoms with Gasteiger partial charge in [0.05, 0.1) is 27.8 Å². The first-order valence-electron chi connectivity index (χ1n) is 10.4. The van der Waals surface area contributed by atoms with E-state index in [0.29, 0.717) is 0 Å². The molecule has 2 aliphatic carbocycles. The highest BCUT2D eigenvalue weighted by molar-refractivity contribution is 6.02. The molecule has 2 bridgehead atoms. The van der Waals surface area contributed by atoms with Gasteiger partial charge in [-0.1, -0.05) is 50.6 Å². The van der Waals surface area contributed by atoms with Gasteiger partial charge in [0, 0.05) is 11.1 Å². The second-order valence-electron chi connectivity index (χ2n) is 9.54. The van der Waals surface area contributed by atoms with Crippen LogP contribution in [0.25, 0.3) is 11.0 Å². The number of rotatable bonds is 2. The zero-order chi connectivity index (χ0) is 20.6. The zero-order valence-electron chi connectivity index (χ0n) is 17.8. The molecule has 0 saturated heterocycles. The Hall–Kier alpha value is -2.75. The van der Waals surface area contributed by atoms with Crippen LogP contribution < -0.4 is 5.32 Å². The van der Waals surface area contributed by atoms with Crippen molar-refractivity contribution in [3.05, 3.63) is 65.0 Å². The normalized spacial score (nSPS) is 26.5. The van der Waals surface area contributed by atoms with Gasteiger partial charge in [0.2, 0.25) is 5.91 Å². The van der Waals surface area contributed by atoms with Crippen LogP contribution in [0.1, 0.15) is 56.1 Å². The maximum atomic E-state index is 13.9. The van der Waals surface area contributed by atoms with Crippen LogP contribution in [-0.4, -0.2) is 15.9 Å². The first-order chi connectivity index (χ1) is 13.7. The number of hydrogen-bond donors (Lipinski definition) is 1. The van der Waals surface area contributed by atoms with Crippen molar-refractivity contribution in [2.24, 2.45) is 5.41 Å². The van der Waals surface area contributed by atoms with Crippen molar-refractivity contribution in [1.82, 2.24) is 9.97 Å². The third-order valence-corrected chi connectivity index (χ3v) is 7.96. The third-order valence-electron chi connectivity index (χ3n) is 7.96. The van der Waals surface area contributed by atoms with Crippen LogP contribution in [0, 0.1) is 19.3 Å². The zero-order valence-corrected chi connectivity index (χ0v) is 17.8. The van der Waals surface area contributed by atoms with Gasteiger partial charge < -0.3 is 5.32 Å². The van der Waals surface area contributed by atoms with Gasteiger partial charge in [0.1, 0.15) is 0 Å². The maximum Gasteiger partial charge on any atom is 0.237 e. The summed E-state index contributed by atoms with van der Waals surface area (Å²) in [5, 5.41) is 3.25. The van der Waals surface area contributed by atoms with E-state index in [0.717, 1.165) is 46.5 Å². The van der Waals surface area contributed by atoms with Gasteiger partial charge in [-0.15, -0.1) is 0 Å². The Labute approximate surface area is 171 Å². The Kier molecular flexibility index (Phi) is 3.57. The van der Waals surface area contributed by atoms with Crippen LogP contribution in [0.4, 0.5) is 5.69 Å². The molecule has 1 heterocycles. The highest BCUT2D eigenvalue weighted by atomic mass is 16.2. The molecule has 0 aliphatic heterocycles. The molecule has 2 aromatic carbocycles. The van der Waals surface area contributed by atoms with Crippen LogP contribution in [0.5, 0.6) is 0 Å². The molecular weight excluding hydrogens is 358 g/mol. The van der Waals surface area contributed by atoms with Crippen LogP contribution in [0.2, 0.25) is 0 Å². The lowest BCUT2D eigenvalue weighted by Gasteiger charge is -2.39. The van der Waals surface area contributed by atoms with Gasteiger partial charge in [-0.2, -0.15) is 0 Å². The standard InChI is InChI=1S/C25H27N3O/c1-15-10-11-17(16(2)14-15)28-22(29)25-13-12-24(5,23(25,3)4)20-21(25)27-19-9-7-6-8-18(19)26-20/h6-11,14H,12-13H2,1-5H3,(H,28,29). The molecule has 0 radical (unpaired) electrons. The maximum absolute atomic E-state index is 13.9. The fourth-order valence-electron chi connectivity index (χ4n) is 5.73. The summed E-state index contributed by atoms with van der Waals surface area (Å²) in [6.45, 7) is 10.8. The predicted molar refractivity (Wildman–Crippen MR) is 116 cm³/mol. The smallest absolute Gasteiger partial charge is 0.237 e. The molecule has 1 saturated carbocycles. The SMILES string of the molecule is Cc1ccc(NC(=O)C23CCC(C)(c4nc5ccccc5nc42)C3(C)C)c(C)c1. The summed E-state index contributed by atoms with van der Waals surface area (Å²) in [5.74, 6) is 0.0431. The highest BCUT2D eigenvalue weighted by Gasteiger charge is 2.73. The molecule has 29 heavy (non-hydrogen) atoms. The van der Waals surface area contributed by atoms with E-state index in [1.165, 1.54) is 5.56 Å². The summed E-state index contributed by atoms with van der Waals surface area (Å²) in [6, 6.07) is 14.1. The molecule has 2 unspecified atom stereocenters. The molecule has 5 rings (SSSR count). The number of aryl methyl sites for hydroxylation is 2. The molecule has 4 heteroatoms. The number of hydrogen-bond acceptors (Lipinski definition) is 3. The van der Waals surface area contributed by atoms with E-state index in [9.17, 15) is 4.79 Å². The number of nitrogens with one attached hydrogen (secondary N) is 1. The van der Waals surface area contributed by atoms with Gasteiger partial charge >= 0.3 is 0 Å². The van der Waals surface area contributed by atoms with Crippen molar-refractivity contribution in [2.45, 2.75) is 58.3 Å². The topological polar surface area (TPSA) is 54.9 Å². The summed E-state index contributed by atoms with van der Waals surface area (Å²) in [4.78, 5) is 24.0. The Bertz CT molecular complexity index is 1180. The lowest BCUT2D eigenvalue weighted by atomic mass is 9.63. The summed E-state index contributed by atoms with van der Waals surface area (Å²) in [6.07, 6.45) is 1.74. The quantitative estimate of drug-likeness (QED) is 0.658. The largest absolute Gasteiger partial charge is 0.325 e. The third kappa shape index (κ3) is 2.12. The molecule has 1 N–H and O–H groups in total. The van der Waals surface area contributed by atoms with Crippen LogP contribution in [0.3, 0.4) is 0 Å². The number of fused-ring (bicyclic) bond motifs is 6. The Balaban J connectivity index is 1.69. The summed E-state index contributed by atoms with van der Waals surface area (Å²) in [5.41, 5.74) is 5.67. The monoisotopic (exact) mass is 385 g/mol. The summed E-state index contributed by atoms with van der Waals surface area (Å²) < 4.78 is 0. The lowest BCUT2D eigenvalue weighted by Crippen LogP contribution is -2.48. The molecule has 2 atom stereocenters. The molecule has 1 aromatic heterocycles. The lowest BCUT2D eigenvalue weighted by molar-refractivity contribution is -0.125. The first-order valence-corrected chi connectivity index (χ1v) is 10.4. The summed E-state index contributed by atoms with van der Waals surface area (Å²) in [7, 11) is 0. The van der Waals surface area contributed by atoms with Crippen molar-refractivity contribution in [3.8, 4) is 0 Å². The fraction of sp³-hybridized carbons (Fsp3) is 0.400. The van der Waals surface area contributed by atoms with Crippen molar-refractivity contribution in [3.63, 3.8) is 0 Å². The van der Waals surface area contributed by atoms with E-state index in [1.54, 1.807) is 0 Å². The molecule has 3 aromatic rings. The van der Waals surface area contributed by atoms with Gasteiger partial charge in [-0.25, -0.2) is 9.97 Å². The van der Waals surface area contributed by atoms with Crippen LogP contribution >= 0.6 is 0 Å². The minimum Gasteiger partial charge on any atom is -0.325 e. The van der Waals surface area contributed by atoms with Gasteiger partial charge in [0.25, 0.3) is 0 Å². The van der Waals surface area contributed by atoms with Crippen molar-refractivity contribution < 1.29 is 4.79 Å². The second-order valence-corrected chi connectivity index (χ2v) is 9.54. The molecule has 4 nitrogen and oxygen atoms in total. The minimum absolute atomic E-state index is 0.0431. The summed E-state index contributed by atoms with van der Waals surface area (Å²) >= 11 is 0. The number of carbonyl (C=O) groups excluding carboxylic acids is 1. The second kappa shape index (κ2) is 5.65. The average Bonchev–Trinajstić information content (AvgIpc) is 2.98. The molecule has 1 amide bonds. The average molecular weight is 386 g/mol. The number of aromatic nitrogens is 2. The van der Waals surface area contributed by atoms with Gasteiger partial charge in [-0.3, -0.25) is 4.79 Å². The molecule has 148 valence electrons. The van der Waals surface area contributed by atoms with E-state index in [1.807, 2.05) is 43.3 Å². The van der Waals surface area contributed by atoms with E-state index in [4.69, 9.17) is 9.97 Å². The molecule has 1 fully saturated rings. The van der Waals surface area contributed by atoms with E-state index in [2.05, 4.69) is 39.1 Å².